The lowest BCUT2D eigenvalue weighted by Gasteiger charge is -2.24. The van der Waals surface area contributed by atoms with Crippen LogP contribution in [-0.2, 0) is 25.6 Å². The highest BCUT2D eigenvalue weighted by molar-refractivity contribution is 5.93. The Kier molecular flexibility index (Phi) is 11.3. The quantitative estimate of drug-likeness (QED) is 0.167. The lowest BCUT2D eigenvalue weighted by molar-refractivity contribution is -0.143. The van der Waals surface area contributed by atoms with Gasteiger partial charge in [-0.3, -0.25) is 14.4 Å². The van der Waals surface area contributed by atoms with E-state index in [-0.39, 0.29) is 12.3 Å². The van der Waals surface area contributed by atoms with E-state index >= 15 is 0 Å². The summed E-state index contributed by atoms with van der Waals surface area (Å²) in [4.78, 5) is 55.7. The molecule has 0 saturated heterocycles. The number of nitrogens with one attached hydrogen (secondary N) is 4. The zero-order valence-electron chi connectivity index (χ0n) is 18.8. The third-order valence-electron chi connectivity index (χ3n) is 4.89. The second-order valence-corrected chi connectivity index (χ2v) is 8.03. The highest BCUT2D eigenvalue weighted by atomic mass is 16.4. The molecular formula is C20H35N7O5. The number of carboxylic acids is 1. The van der Waals surface area contributed by atoms with Gasteiger partial charge < -0.3 is 37.5 Å². The van der Waals surface area contributed by atoms with Gasteiger partial charge in [-0.2, -0.15) is 0 Å². The van der Waals surface area contributed by atoms with E-state index in [1.165, 1.54) is 13.3 Å². The molecular weight excluding hydrogens is 418 g/mol. The van der Waals surface area contributed by atoms with E-state index in [4.69, 9.17) is 11.5 Å². The number of hydrogen-bond acceptors (Lipinski definition) is 7. The Hall–Kier alpha value is -2.99. The number of nitrogens with two attached hydrogens (primary N) is 2. The number of aliphatic carboxylic acids is 1. The summed E-state index contributed by atoms with van der Waals surface area (Å²) in [5, 5.41) is 16.8. The summed E-state index contributed by atoms with van der Waals surface area (Å²) in [5.41, 5.74) is 12.1. The molecule has 1 aromatic rings. The van der Waals surface area contributed by atoms with Gasteiger partial charge in [0.25, 0.3) is 0 Å². The molecule has 0 saturated carbocycles. The van der Waals surface area contributed by atoms with Gasteiger partial charge in [-0.1, -0.05) is 13.8 Å². The SMILES string of the molecule is CC(NC(=O)C(CCCCN)NC(=O)C(N)Cc1cnc[nH]1)C(=O)NC(C(=O)O)C(C)C. The minimum absolute atomic E-state index is 0.216. The van der Waals surface area contributed by atoms with Crippen molar-refractivity contribution in [3.05, 3.63) is 18.2 Å². The number of aromatic nitrogens is 2. The molecule has 0 radical (unpaired) electrons. The van der Waals surface area contributed by atoms with Gasteiger partial charge in [0.2, 0.25) is 17.7 Å². The maximum Gasteiger partial charge on any atom is 0.326 e. The molecule has 0 fully saturated rings. The molecule has 0 aromatic carbocycles. The van der Waals surface area contributed by atoms with E-state index in [0.29, 0.717) is 31.5 Å². The molecule has 0 spiro atoms. The average Bonchev–Trinajstić information content (AvgIpc) is 3.23. The van der Waals surface area contributed by atoms with Crippen LogP contribution in [0.2, 0.25) is 0 Å². The van der Waals surface area contributed by atoms with Gasteiger partial charge >= 0.3 is 5.97 Å². The molecule has 1 heterocycles. The molecule has 0 aliphatic rings. The summed E-state index contributed by atoms with van der Waals surface area (Å²) in [7, 11) is 0. The zero-order valence-corrected chi connectivity index (χ0v) is 18.8. The summed E-state index contributed by atoms with van der Waals surface area (Å²) >= 11 is 0. The molecule has 0 aliphatic carbocycles. The Bertz CT molecular complexity index is 754. The van der Waals surface area contributed by atoms with Crippen molar-refractivity contribution >= 4 is 23.7 Å². The van der Waals surface area contributed by atoms with Crippen molar-refractivity contribution in [2.24, 2.45) is 17.4 Å². The molecule has 4 unspecified atom stereocenters. The first kappa shape index (κ1) is 27.0. The van der Waals surface area contributed by atoms with E-state index in [1.807, 2.05) is 0 Å². The molecule has 0 aliphatic heterocycles. The molecule has 1 rings (SSSR count). The standard InChI is InChI=1S/C20H35N7O5/c1-11(2)16(20(31)32)27-17(28)12(3)25-19(30)15(6-4-5-7-21)26-18(29)14(22)8-13-9-23-10-24-13/h9-12,14-16H,4-8,21-22H2,1-3H3,(H,23,24)(H,25,30)(H,26,29)(H,27,28)(H,31,32). The van der Waals surface area contributed by atoms with Crippen molar-refractivity contribution in [1.82, 2.24) is 25.9 Å². The van der Waals surface area contributed by atoms with E-state index in [9.17, 15) is 24.3 Å². The Balaban J connectivity index is 2.75. The van der Waals surface area contributed by atoms with E-state index in [0.717, 1.165) is 0 Å². The van der Waals surface area contributed by atoms with Gasteiger partial charge in [-0.25, -0.2) is 9.78 Å². The number of carbonyl (C=O) groups excluding carboxylic acids is 3. The summed E-state index contributed by atoms with van der Waals surface area (Å²) in [6, 6.07) is -3.90. The van der Waals surface area contributed by atoms with Gasteiger partial charge in [0.15, 0.2) is 0 Å². The molecule has 9 N–H and O–H groups in total. The van der Waals surface area contributed by atoms with Crippen molar-refractivity contribution in [2.45, 2.75) is 70.6 Å². The number of carboxylic acid groups (broad SMARTS) is 1. The minimum Gasteiger partial charge on any atom is -0.480 e. The van der Waals surface area contributed by atoms with E-state index < -0.39 is 47.9 Å². The number of amides is 3. The van der Waals surface area contributed by atoms with Crippen LogP contribution in [0.5, 0.6) is 0 Å². The van der Waals surface area contributed by atoms with Gasteiger partial charge in [-0.15, -0.1) is 0 Å². The molecule has 12 heteroatoms. The first-order chi connectivity index (χ1) is 15.1. The van der Waals surface area contributed by atoms with Crippen molar-refractivity contribution in [1.29, 1.82) is 0 Å². The van der Waals surface area contributed by atoms with Crippen LogP contribution in [0.25, 0.3) is 0 Å². The summed E-state index contributed by atoms with van der Waals surface area (Å²) in [6.45, 7) is 5.21. The maximum absolute atomic E-state index is 12.8. The Labute approximate surface area is 187 Å². The molecule has 1 aromatic heterocycles. The predicted molar refractivity (Wildman–Crippen MR) is 117 cm³/mol. The van der Waals surface area contributed by atoms with Crippen LogP contribution in [0, 0.1) is 5.92 Å². The largest absolute Gasteiger partial charge is 0.480 e. The van der Waals surface area contributed by atoms with Crippen LogP contribution in [0.1, 0.15) is 45.7 Å². The van der Waals surface area contributed by atoms with Crippen LogP contribution in [0.4, 0.5) is 0 Å². The molecule has 32 heavy (non-hydrogen) atoms. The average molecular weight is 454 g/mol. The number of unbranched alkanes of at least 4 members (excludes halogenated alkanes) is 1. The first-order valence-corrected chi connectivity index (χ1v) is 10.6. The lowest BCUT2D eigenvalue weighted by Crippen LogP contribution is -2.57. The van der Waals surface area contributed by atoms with Crippen molar-refractivity contribution in [3.63, 3.8) is 0 Å². The first-order valence-electron chi connectivity index (χ1n) is 10.6. The molecule has 12 nitrogen and oxygen atoms in total. The fourth-order valence-electron chi connectivity index (χ4n) is 2.94. The normalized spacial score (nSPS) is 14.8. The number of rotatable bonds is 14. The van der Waals surface area contributed by atoms with Crippen LogP contribution >= 0.6 is 0 Å². The van der Waals surface area contributed by atoms with Gasteiger partial charge in [0.1, 0.15) is 18.1 Å². The van der Waals surface area contributed by atoms with Crippen LogP contribution in [0.15, 0.2) is 12.5 Å². The number of nitrogens with zero attached hydrogens (tertiary/aromatic N) is 1. The maximum atomic E-state index is 12.8. The Morgan fingerprint density at radius 2 is 1.75 bits per heavy atom. The highest BCUT2D eigenvalue weighted by Crippen LogP contribution is 2.05. The Morgan fingerprint density at radius 3 is 2.28 bits per heavy atom. The number of imidazole rings is 1. The minimum atomic E-state index is -1.16. The summed E-state index contributed by atoms with van der Waals surface area (Å²) in [6.07, 6.45) is 4.80. The van der Waals surface area contributed by atoms with Crippen molar-refractivity contribution in [2.75, 3.05) is 6.54 Å². The highest BCUT2D eigenvalue weighted by Gasteiger charge is 2.29. The number of H-pyrrole nitrogens is 1. The van der Waals surface area contributed by atoms with Gasteiger partial charge in [-0.05, 0) is 38.6 Å². The topological polar surface area (TPSA) is 205 Å². The van der Waals surface area contributed by atoms with Gasteiger partial charge in [0.05, 0.1) is 12.4 Å². The fraction of sp³-hybridized carbons (Fsp3) is 0.650. The van der Waals surface area contributed by atoms with Crippen LogP contribution < -0.4 is 27.4 Å². The van der Waals surface area contributed by atoms with E-state index in [2.05, 4.69) is 25.9 Å². The zero-order chi connectivity index (χ0) is 24.3. The number of carbonyl (C=O) groups is 4. The second-order valence-electron chi connectivity index (χ2n) is 8.03. The summed E-state index contributed by atoms with van der Waals surface area (Å²) < 4.78 is 0. The summed E-state index contributed by atoms with van der Waals surface area (Å²) in [5.74, 6) is -3.22. The predicted octanol–water partition coefficient (Wildman–Crippen LogP) is -1.38. The fourth-order valence-corrected chi connectivity index (χ4v) is 2.94. The third-order valence-corrected chi connectivity index (χ3v) is 4.89. The molecule has 4 atom stereocenters. The van der Waals surface area contributed by atoms with Crippen molar-refractivity contribution in [3.8, 4) is 0 Å². The van der Waals surface area contributed by atoms with E-state index in [1.54, 1.807) is 20.0 Å². The lowest BCUT2D eigenvalue weighted by atomic mass is 10.0. The second kappa shape index (κ2) is 13.4. The molecule has 0 bridgehead atoms. The van der Waals surface area contributed by atoms with Gasteiger partial charge in [0, 0.05) is 18.3 Å². The number of hydrogen-bond donors (Lipinski definition) is 7. The third kappa shape index (κ3) is 9.02. The molecule has 3 amide bonds. The monoisotopic (exact) mass is 453 g/mol. The Morgan fingerprint density at radius 1 is 1.06 bits per heavy atom. The smallest absolute Gasteiger partial charge is 0.326 e. The number of aromatic amines is 1. The molecule has 180 valence electrons. The van der Waals surface area contributed by atoms with Crippen LogP contribution in [0.3, 0.4) is 0 Å². The van der Waals surface area contributed by atoms with Crippen molar-refractivity contribution < 1.29 is 24.3 Å². The van der Waals surface area contributed by atoms with Crippen LogP contribution in [-0.4, -0.2) is 69.5 Å².